The summed E-state index contributed by atoms with van der Waals surface area (Å²) in [7, 11) is 7.09. The zero-order valence-corrected chi connectivity index (χ0v) is 66.7. The number of anilines is 6. The number of aromatic nitrogens is 4. The van der Waals surface area contributed by atoms with Crippen LogP contribution in [0.3, 0.4) is 0 Å². The highest BCUT2D eigenvalue weighted by Gasteiger charge is 2.34. The van der Waals surface area contributed by atoms with E-state index in [1.54, 1.807) is 139 Å². The highest BCUT2D eigenvalue weighted by Crippen LogP contribution is 2.37. The Morgan fingerprint density at radius 1 is 0.422 bits per heavy atom. The van der Waals surface area contributed by atoms with E-state index in [-0.39, 0.29) is 77.7 Å². The molecular weight excluding hydrogens is 1470 g/mol. The summed E-state index contributed by atoms with van der Waals surface area (Å²) in [6, 6.07) is 44.0. The highest BCUT2D eigenvalue weighted by molar-refractivity contribution is 6.08. The van der Waals surface area contributed by atoms with Crippen molar-refractivity contribution in [2.24, 2.45) is 33.2 Å². The number of amides is 8. The molecule has 8 heterocycles. The molecule has 0 aliphatic carbocycles. The largest absolute Gasteiger partial charge is 0.493 e. The molecule has 0 spiro atoms. The van der Waals surface area contributed by atoms with Crippen LogP contribution in [0.4, 0.5) is 39.8 Å². The van der Waals surface area contributed by atoms with Gasteiger partial charge in [-0.2, -0.15) is 0 Å². The first kappa shape index (κ1) is 80.8. The Morgan fingerprint density at radius 2 is 0.828 bits per heavy atom. The van der Waals surface area contributed by atoms with Gasteiger partial charge in [-0.05, 0) is 222 Å². The number of benzene rings is 6. The topological polar surface area (TPSA) is 300 Å². The van der Waals surface area contributed by atoms with Crippen LogP contribution in [0.15, 0.2) is 175 Å². The van der Waals surface area contributed by atoms with Gasteiger partial charge in [0.1, 0.15) is 45.8 Å². The number of fused-ring (bicyclic) bond motifs is 4. The van der Waals surface area contributed by atoms with Gasteiger partial charge in [-0.15, -0.1) is 0 Å². The van der Waals surface area contributed by atoms with Crippen molar-refractivity contribution in [3.05, 3.63) is 232 Å². The predicted molar refractivity (Wildman–Crippen MR) is 449 cm³/mol. The maximum atomic E-state index is 13.3. The second-order valence-corrected chi connectivity index (χ2v) is 30.5. The van der Waals surface area contributed by atoms with Crippen LogP contribution in [-0.4, -0.2) is 131 Å². The van der Waals surface area contributed by atoms with E-state index >= 15 is 0 Å². The summed E-state index contributed by atoms with van der Waals surface area (Å²) in [5, 5.41) is 17.4. The fourth-order valence-electron chi connectivity index (χ4n) is 15.3. The number of piperidine rings is 2. The van der Waals surface area contributed by atoms with E-state index in [0.29, 0.717) is 119 Å². The molecule has 116 heavy (non-hydrogen) atoms. The summed E-state index contributed by atoms with van der Waals surface area (Å²) in [5.41, 5.74) is 15.1. The van der Waals surface area contributed by atoms with Crippen LogP contribution in [0.25, 0.3) is 22.3 Å². The van der Waals surface area contributed by atoms with Gasteiger partial charge in [0, 0.05) is 150 Å². The molecule has 8 amide bonds. The Kier molecular flexibility index (Phi) is 25.3. The number of nitrogens with zero attached hydrogens (tertiary/aromatic N) is 7. The van der Waals surface area contributed by atoms with E-state index in [4.69, 9.17) is 9.47 Å². The summed E-state index contributed by atoms with van der Waals surface area (Å²) in [4.78, 5) is 136. The molecule has 0 bridgehead atoms. The Balaban J connectivity index is 0.000000202. The monoisotopic (exact) mass is 1560 g/mol. The second-order valence-electron chi connectivity index (χ2n) is 30.5. The molecule has 2 saturated heterocycles. The number of hydrogen-bond acceptors (Lipinski definition) is 13. The predicted octanol–water partition coefficient (Wildman–Crippen LogP) is 15.2. The fourth-order valence-corrected chi connectivity index (χ4v) is 15.3. The number of carbonyl (C=O) groups excluding carboxylic acids is 10. The van der Waals surface area contributed by atoms with Crippen LogP contribution in [0.1, 0.15) is 175 Å². The summed E-state index contributed by atoms with van der Waals surface area (Å²) in [6.07, 6.45) is 19.3. The van der Waals surface area contributed by atoms with Crippen LogP contribution in [-0.2, 0) is 66.6 Å². The first-order chi connectivity index (χ1) is 55.8. The molecule has 4 aliphatic heterocycles. The molecule has 598 valence electrons. The van der Waals surface area contributed by atoms with E-state index in [0.717, 1.165) is 119 Å². The highest BCUT2D eigenvalue weighted by atomic mass is 16.5. The average Bonchev–Trinajstić information content (AvgIpc) is 1.60. The third kappa shape index (κ3) is 19.9. The Labute approximate surface area is 673 Å². The minimum atomic E-state index is -0.338. The third-order valence-corrected chi connectivity index (χ3v) is 21.4. The number of Topliss-reactive ketones (excluding diaryl/α,β-unsaturated/α-hetero) is 2. The Bertz CT molecular complexity index is 5430. The van der Waals surface area contributed by atoms with Gasteiger partial charge in [0.15, 0.2) is 0 Å². The van der Waals surface area contributed by atoms with Crippen molar-refractivity contribution >= 4 is 105 Å². The van der Waals surface area contributed by atoms with Gasteiger partial charge in [-0.3, -0.25) is 52.9 Å². The molecule has 0 unspecified atom stereocenters. The Morgan fingerprint density at radius 3 is 1.29 bits per heavy atom. The molecule has 4 aromatic heterocycles. The molecule has 14 rings (SSSR count). The number of nitrogens with one attached hydrogen (secondary N) is 6. The standard InChI is InChI=1S/C46H50N6O6.C45H47N7O6/c1-29-22-39-33(14-19-38-8-5-6-20-52(38)46(39)57)25-42(29)58-21-7-9-43(54)47-37-26-41(51(4)28-37)45(56)49-36-17-12-32(13-18-36)34-24-40(50(3)27-34)44(55)48-35-15-10-31(11-16-35)23-30(2)53;1-28-20-37-38(46-25-36-8-5-6-18-52(36)45(37)57)24-41(28)58-19-7-9-42(54)47-35-23-40(51(4)27-35)44(56)49-34-16-12-31(13-17-34)32-22-39(50(3)26-32)43(55)48-33-14-10-30(11-15-33)21-29(2)53/h10-13,15-18,22,24-28,38H,5-9,14,19-21,23H2,1-4H3,(H,47,54)(H,48,55)(H,49,56);10-17,20,22-27,36H,5-9,18-19,21H2,1-4H3,(H,47,54)(H,48,55)(H,49,56)/t38-;36-/m00/s1. The van der Waals surface area contributed by atoms with Crippen molar-refractivity contribution in [2.75, 3.05) is 58.2 Å². The van der Waals surface area contributed by atoms with Gasteiger partial charge < -0.3 is 69.4 Å². The van der Waals surface area contributed by atoms with Gasteiger partial charge >= 0.3 is 0 Å². The van der Waals surface area contributed by atoms with Crippen LogP contribution >= 0.6 is 0 Å². The molecular formula is C91H97N13O12. The molecule has 6 N–H and O–H groups in total. The van der Waals surface area contributed by atoms with Crippen molar-refractivity contribution in [2.45, 2.75) is 130 Å². The fraction of sp³-hybridized carbons (Fsp3) is 0.308. The average molecular weight is 1560 g/mol. The van der Waals surface area contributed by atoms with E-state index < -0.39 is 0 Å². The number of rotatable bonds is 26. The quantitative estimate of drug-likeness (QED) is 0.0276. The van der Waals surface area contributed by atoms with Gasteiger partial charge in [0.25, 0.3) is 35.4 Å². The van der Waals surface area contributed by atoms with E-state index in [1.807, 2.05) is 116 Å². The lowest BCUT2D eigenvalue weighted by atomic mass is 9.97. The SMILES string of the molecule is CC(=O)Cc1ccc(NC(=O)c2cc(-c3ccc(NC(=O)c4cc(NC(=O)CCCOc5cc6c(cc5C)C(=O)N5CCCC[C@H]5C=N6)cn4C)cc3)cn2C)cc1.CC(=O)Cc1ccc(NC(=O)c2cc(-c3ccc(NC(=O)c4cc(NC(=O)CCCOc5cc6c(cc5C)C(=O)N5CCCC[C@H]5CC6)cn4C)cc3)cn2C)cc1. The summed E-state index contributed by atoms with van der Waals surface area (Å²) in [5.74, 6) is 0.114. The first-order valence-corrected chi connectivity index (χ1v) is 39.4. The third-order valence-electron chi connectivity index (χ3n) is 21.4. The molecule has 0 radical (unpaired) electrons. The van der Waals surface area contributed by atoms with Gasteiger partial charge in [0.2, 0.25) is 11.8 Å². The number of aliphatic imine (C=N–C) groups is 1. The lowest BCUT2D eigenvalue weighted by Gasteiger charge is -2.34. The molecule has 25 heteroatoms. The smallest absolute Gasteiger partial charge is 0.272 e. The normalized spacial score (nSPS) is 14.7. The zero-order valence-electron chi connectivity index (χ0n) is 66.7. The number of hydrogen-bond donors (Lipinski definition) is 6. The molecule has 2 fully saturated rings. The van der Waals surface area contributed by atoms with Crippen molar-refractivity contribution in [1.29, 1.82) is 0 Å². The van der Waals surface area contributed by atoms with E-state index in [1.165, 1.54) is 6.42 Å². The molecule has 2 atom stereocenters. The molecule has 25 nitrogen and oxygen atoms in total. The minimum absolute atomic E-state index is 0.00917. The summed E-state index contributed by atoms with van der Waals surface area (Å²) >= 11 is 0. The lowest BCUT2D eigenvalue weighted by Crippen LogP contribution is -2.43. The summed E-state index contributed by atoms with van der Waals surface area (Å²) < 4.78 is 19.0. The number of carbonyl (C=O) groups is 10. The number of aryl methyl sites for hydroxylation is 7. The maximum absolute atomic E-state index is 13.3. The van der Waals surface area contributed by atoms with E-state index in [9.17, 15) is 47.9 Å². The van der Waals surface area contributed by atoms with Crippen molar-refractivity contribution in [3.63, 3.8) is 0 Å². The van der Waals surface area contributed by atoms with Crippen molar-refractivity contribution in [3.8, 4) is 33.8 Å². The zero-order chi connectivity index (χ0) is 81.8. The lowest BCUT2D eigenvalue weighted by molar-refractivity contribution is -0.117. The maximum Gasteiger partial charge on any atom is 0.272 e. The number of ketones is 2. The van der Waals surface area contributed by atoms with Crippen LogP contribution in [0, 0.1) is 13.8 Å². The van der Waals surface area contributed by atoms with E-state index in [2.05, 4.69) is 41.8 Å². The van der Waals surface area contributed by atoms with Crippen LogP contribution < -0.4 is 41.4 Å². The summed E-state index contributed by atoms with van der Waals surface area (Å²) in [6.45, 7) is 9.19. The van der Waals surface area contributed by atoms with Crippen molar-refractivity contribution in [1.82, 2.24) is 28.1 Å². The first-order valence-electron chi connectivity index (χ1n) is 39.4. The molecule has 10 aromatic rings. The Hall–Kier alpha value is -13.2. The van der Waals surface area contributed by atoms with Gasteiger partial charge in [-0.25, -0.2) is 0 Å². The van der Waals surface area contributed by atoms with Crippen LogP contribution in [0.5, 0.6) is 11.5 Å². The molecule has 6 aromatic carbocycles. The molecule has 4 aliphatic rings. The van der Waals surface area contributed by atoms with Crippen molar-refractivity contribution < 1.29 is 57.4 Å². The number of ether oxygens (including phenoxy) is 2. The molecule has 0 saturated carbocycles. The minimum Gasteiger partial charge on any atom is -0.493 e. The van der Waals surface area contributed by atoms with Crippen LogP contribution in [0.2, 0.25) is 0 Å². The van der Waals surface area contributed by atoms with Gasteiger partial charge in [-0.1, -0.05) is 48.5 Å². The van der Waals surface area contributed by atoms with Gasteiger partial charge in [0.05, 0.1) is 41.9 Å². The second kappa shape index (κ2) is 36.3.